The van der Waals surface area contributed by atoms with Gasteiger partial charge in [-0.1, -0.05) is 23.4 Å². The molecule has 7 nitrogen and oxygen atoms in total. The molecule has 8 heteroatoms. The molecular formula is C11H15N7S. The third-order valence-corrected chi connectivity index (χ3v) is 2.81. The van der Waals surface area contributed by atoms with Gasteiger partial charge in [0.25, 0.3) is 0 Å². The summed E-state index contributed by atoms with van der Waals surface area (Å²) in [5.74, 6) is 0.681. The van der Waals surface area contributed by atoms with E-state index in [9.17, 15) is 0 Å². The normalized spacial score (nSPS) is 10.4. The molecule has 19 heavy (non-hydrogen) atoms. The molecule has 0 unspecified atom stereocenters. The second-order valence-electron chi connectivity index (χ2n) is 4.10. The molecule has 0 radical (unpaired) electrons. The van der Waals surface area contributed by atoms with Crippen molar-refractivity contribution in [1.29, 1.82) is 0 Å². The van der Waals surface area contributed by atoms with Gasteiger partial charge in [0.1, 0.15) is 0 Å². The van der Waals surface area contributed by atoms with Crippen LogP contribution >= 0.6 is 12.2 Å². The lowest BCUT2D eigenvalue weighted by Gasteiger charge is -2.22. The van der Waals surface area contributed by atoms with Crippen molar-refractivity contribution in [3.8, 4) is 0 Å². The van der Waals surface area contributed by atoms with E-state index in [-0.39, 0.29) is 0 Å². The van der Waals surface area contributed by atoms with Crippen molar-refractivity contribution in [2.45, 2.75) is 13.0 Å². The predicted molar refractivity (Wildman–Crippen MR) is 75.5 cm³/mol. The summed E-state index contributed by atoms with van der Waals surface area (Å²) in [5, 5.41) is 11.5. The van der Waals surface area contributed by atoms with Gasteiger partial charge >= 0.3 is 0 Å². The summed E-state index contributed by atoms with van der Waals surface area (Å²) in [4.78, 5) is 6.60. The van der Waals surface area contributed by atoms with E-state index in [1.807, 2.05) is 23.2 Å². The molecule has 0 aliphatic rings. The molecule has 0 aromatic carbocycles. The molecule has 2 heterocycles. The fourth-order valence-corrected chi connectivity index (χ4v) is 1.79. The van der Waals surface area contributed by atoms with Crippen LogP contribution in [0.15, 0.2) is 24.5 Å². The topological polar surface area (TPSA) is 85.8 Å². The first-order valence-corrected chi connectivity index (χ1v) is 6.22. The summed E-state index contributed by atoms with van der Waals surface area (Å²) in [5.41, 5.74) is 6.64. The van der Waals surface area contributed by atoms with Crippen LogP contribution in [0.4, 0.5) is 5.95 Å². The Hall–Kier alpha value is -2.09. The summed E-state index contributed by atoms with van der Waals surface area (Å²) in [6.07, 6.45) is 4.17. The van der Waals surface area contributed by atoms with Crippen LogP contribution in [0.25, 0.3) is 0 Å². The van der Waals surface area contributed by atoms with Gasteiger partial charge in [-0.3, -0.25) is 4.98 Å². The van der Waals surface area contributed by atoms with Gasteiger partial charge in [0, 0.05) is 39.0 Å². The summed E-state index contributed by atoms with van der Waals surface area (Å²) >= 11 is 4.92. The minimum atomic E-state index is 0.478. The molecule has 2 aromatic rings. The minimum Gasteiger partial charge on any atom is -0.393 e. The molecule has 0 bridgehead atoms. The average molecular weight is 277 g/mol. The highest BCUT2D eigenvalue weighted by Crippen LogP contribution is 2.12. The lowest BCUT2D eigenvalue weighted by Crippen LogP contribution is -2.29. The van der Waals surface area contributed by atoms with Gasteiger partial charge in [-0.2, -0.15) is 0 Å². The maximum absolute atomic E-state index is 5.56. The van der Waals surface area contributed by atoms with Crippen LogP contribution in [0, 0.1) is 0 Å². The highest BCUT2D eigenvalue weighted by atomic mass is 32.1. The van der Waals surface area contributed by atoms with Gasteiger partial charge in [-0.15, -0.1) is 0 Å². The monoisotopic (exact) mass is 277 g/mol. The van der Waals surface area contributed by atoms with Crippen molar-refractivity contribution in [2.24, 2.45) is 12.8 Å². The summed E-state index contributed by atoms with van der Waals surface area (Å²) in [7, 11) is 1.80. The molecule has 2 rings (SSSR count). The number of aromatic nitrogens is 5. The Balaban J connectivity index is 2.15. The zero-order chi connectivity index (χ0) is 13.7. The van der Waals surface area contributed by atoms with Gasteiger partial charge in [0.2, 0.25) is 5.95 Å². The minimum absolute atomic E-state index is 0.478. The number of anilines is 1. The van der Waals surface area contributed by atoms with E-state index in [0.717, 1.165) is 5.56 Å². The SMILES string of the molecule is Cn1nnnc1N(CCC(N)=S)Cc1cccnc1. The van der Waals surface area contributed by atoms with E-state index >= 15 is 0 Å². The van der Waals surface area contributed by atoms with Gasteiger partial charge in [0.05, 0.1) is 4.99 Å². The second-order valence-corrected chi connectivity index (χ2v) is 4.63. The maximum Gasteiger partial charge on any atom is 0.245 e. The van der Waals surface area contributed by atoms with Crippen molar-refractivity contribution in [2.75, 3.05) is 11.4 Å². The quantitative estimate of drug-likeness (QED) is 0.759. The summed E-state index contributed by atoms with van der Waals surface area (Å²) in [6.45, 7) is 1.32. The van der Waals surface area contributed by atoms with Crippen LogP contribution in [0.3, 0.4) is 0 Å². The number of tetrazole rings is 1. The molecule has 0 saturated heterocycles. The van der Waals surface area contributed by atoms with E-state index in [1.54, 1.807) is 17.9 Å². The number of aryl methyl sites for hydroxylation is 1. The number of nitrogens with zero attached hydrogens (tertiary/aromatic N) is 6. The van der Waals surface area contributed by atoms with Crippen LogP contribution in [0.5, 0.6) is 0 Å². The van der Waals surface area contributed by atoms with E-state index in [2.05, 4.69) is 20.5 Å². The van der Waals surface area contributed by atoms with Crippen molar-refractivity contribution < 1.29 is 0 Å². The van der Waals surface area contributed by atoms with Crippen molar-refractivity contribution in [3.05, 3.63) is 30.1 Å². The standard InChI is InChI=1S/C11H15N7S/c1-17-11(14-15-16-17)18(6-4-10(12)19)8-9-3-2-5-13-7-9/h2-3,5,7H,4,6,8H2,1H3,(H2,12,19). The Bertz CT molecular complexity index is 539. The number of thiocarbonyl (C=S) groups is 1. The first-order valence-electron chi connectivity index (χ1n) is 5.81. The first kappa shape index (κ1) is 13.3. The second kappa shape index (κ2) is 6.19. The lowest BCUT2D eigenvalue weighted by atomic mass is 10.2. The Morgan fingerprint density at radius 3 is 2.95 bits per heavy atom. The van der Waals surface area contributed by atoms with E-state index < -0.39 is 0 Å². The molecule has 0 fully saturated rings. The largest absolute Gasteiger partial charge is 0.393 e. The number of hydrogen-bond acceptors (Lipinski definition) is 6. The third kappa shape index (κ3) is 3.68. The highest BCUT2D eigenvalue weighted by molar-refractivity contribution is 7.80. The van der Waals surface area contributed by atoms with Crippen molar-refractivity contribution in [1.82, 2.24) is 25.2 Å². The fourth-order valence-electron chi connectivity index (χ4n) is 1.70. The maximum atomic E-state index is 5.56. The number of pyridine rings is 1. The van der Waals surface area contributed by atoms with Crippen molar-refractivity contribution >= 4 is 23.2 Å². The molecule has 0 saturated carbocycles. The number of hydrogen-bond donors (Lipinski definition) is 1. The number of nitrogens with two attached hydrogens (primary N) is 1. The van der Waals surface area contributed by atoms with E-state index in [4.69, 9.17) is 18.0 Å². The van der Waals surface area contributed by atoms with Gasteiger partial charge in [0.15, 0.2) is 0 Å². The molecule has 0 spiro atoms. The third-order valence-electron chi connectivity index (χ3n) is 2.60. The zero-order valence-corrected chi connectivity index (χ0v) is 11.4. The Morgan fingerprint density at radius 2 is 2.37 bits per heavy atom. The van der Waals surface area contributed by atoms with Gasteiger partial charge < -0.3 is 10.6 Å². The lowest BCUT2D eigenvalue weighted by molar-refractivity contribution is 0.678. The van der Waals surface area contributed by atoms with Gasteiger partial charge in [-0.05, 0) is 22.1 Å². The van der Waals surface area contributed by atoms with Crippen LogP contribution in [0.1, 0.15) is 12.0 Å². The molecule has 2 aromatic heterocycles. The van der Waals surface area contributed by atoms with Crippen LogP contribution in [-0.4, -0.2) is 36.7 Å². The molecule has 0 aliphatic carbocycles. The van der Waals surface area contributed by atoms with Crippen LogP contribution in [0.2, 0.25) is 0 Å². The Morgan fingerprint density at radius 1 is 1.53 bits per heavy atom. The molecule has 2 N–H and O–H groups in total. The zero-order valence-electron chi connectivity index (χ0n) is 10.6. The summed E-state index contributed by atoms with van der Waals surface area (Å²) in [6, 6.07) is 3.90. The Kier molecular flexibility index (Phi) is 4.35. The predicted octanol–water partition coefficient (Wildman–Crippen LogP) is 0.288. The molecular weight excluding hydrogens is 262 g/mol. The molecule has 100 valence electrons. The molecule has 0 atom stereocenters. The average Bonchev–Trinajstić information content (AvgIpc) is 2.82. The molecule has 0 amide bonds. The van der Waals surface area contributed by atoms with E-state index in [1.165, 1.54) is 0 Å². The smallest absolute Gasteiger partial charge is 0.245 e. The Labute approximate surface area is 116 Å². The highest BCUT2D eigenvalue weighted by Gasteiger charge is 2.13. The van der Waals surface area contributed by atoms with Crippen LogP contribution < -0.4 is 10.6 Å². The van der Waals surface area contributed by atoms with Crippen LogP contribution in [-0.2, 0) is 13.6 Å². The molecule has 0 aliphatic heterocycles. The summed E-state index contributed by atoms with van der Waals surface area (Å²) < 4.78 is 1.62. The first-order chi connectivity index (χ1) is 9.16. The number of rotatable bonds is 6. The van der Waals surface area contributed by atoms with Gasteiger partial charge in [-0.25, -0.2) is 4.68 Å². The fraction of sp³-hybridized carbons (Fsp3) is 0.364. The van der Waals surface area contributed by atoms with Crippen molar-refractivity contribution in [3.63, 3.8) is 0 Å². The van der Waals surface area contributed by atoms with E-state index in [0.29, 0.717) is 30.4 Å².